The number of rotatable bonds is 11. The maximum absolute atomic E-state index is 13.9. The number of nitrogens with zero attached hydrogens (tertiary/aromatic N) is 8. The monoisotopic (exact) mass is 937 g/mol. The Bertz CT molecular complexity index is 2900. The van der Waals surface area contributed by atoms with Crippen LogP contribution in [0.25, 0.3) is 0 Å². The van der Waals surface area contributed by atoms with Gasteiger partial charge in [-0.05, 0) is 47.5 Å². The number of anilines is 4. The van der Waals surface area contributed by atoms with E-state index in [4.69, 9.17) is 28.2 Å². The second-order valence-corrected chi connectivity index (χ2v) is 17.5. The Hall–Kier alpha value is -6.78. The van der Waals surface area contributed by atoms with Crippen molar-refractivity contribution in [1.82, 2.24) is 24.8 Å². The minimum atomic E-state index is -0.370. The van der Waals surface area contributed by atoms with Gasteiger partial charge in [0.2, 0.25) is 0 Å². The third-order valence-corrected chi connectivity index (χ3v) is 13.1. The Morgan fingerprint density at radius 2 is 1.02 bits per heavy atom. The Labute approximate surface area is 392 Å². The molecule has 10 rings (SSSR count). The number of halogens is 2. The number of amides is 6. The van der Waals surface area contributed by atoms with Crippen LogP contribution in [-0.4, -0.2) is 61.8 Å². The van der Waals surface area contributed by atoms with Crippen molar-refractivity contribution in [2.45, 2.75) is 34.9 Å². The molecule has 6 amide bonds. The van der Waals surface area contributed by atoms with Crippen LogP contribution >= 0.6 is 46.7 Å². The summed E-state index contributed by atoms with van der Waals surface area (Å²) in [6.45, 7) is 0.710. The zero-order valence-corrected chi connectivity index (χ0v) is 37.5. The van der Waals surface area contributed by atoms with Gasteiger partial charge in [-0.1, -0.05) is 144 Å². The molecule has 17 heteroatoms. The summed E-state index contributed by atoms with van der Waals surface area (Å²) < 4.78 is 0. The molecule has 0 aliphatic carbocycles. The van der Waals surface area contributed by atoms with E-state index in [-0.39, 0.29) is 43.5 Å². The number of carbonyl (C=O) groups excluding carboxylic acids is 4. The van der Waals surface area contributed by atoms with Crippen molar-refractivity contribution >= 4 is 93.6 Å². The largest absolute Gasteiger partial charge is 0.330 e. The van der Waals surface area contributed by atoms with Gasteiger partial charge >= 0.3 is 12.1 Å². The molecule has 0 bridgehead atoms. The van der Waals surface area contributed by atoms with Gasteiger partial charge in [0, 0.05) is 48.1 Å². The first-order valence-electron chi connectivity index (χ1n) is 20.4. The maximum Gasteiger partial charge on any atom is 0.330 e. The lowest BCUT2D eigenvalue weighted by Crippen LogP contribution is -2.51. The number of fused-ring (bicyclic) bond motifs is 3. The first-order valence-corrected chi connectivity index (χ1v) is 23.1. The topological polar surface area (TPSA) is 145 Å². The molecule has 65 heavy (non-hydrogen) atoms. The maximum atomic E-state index is 13.9. The lowest BCUT2D eigenvalue weighted by atomic mass is 10.1. The summed E-state index contributed by atoms with van der Waals surface area (Å²) in [6, 6.07) is 40.6. The molecule has 2 aromatic heterocycles. The molecule has 1 N–H and O–H groups in total. The highest BCUT2D eigenvalue weighted by Gasteiger charge is 2.38. The minimum Gasteiger partial charge on any atom is -0.291 e. The van der Waals surface area contributed by atoms with Crippen LogP contribution in [0.4, 0.5) is 32.6 Å². The van der Waals surface area contributed by atoms with E-state index in [0.717, 1.165) is 22.4 Å². The lowest BCUT2D eigenvalue weighted by Gasteiger charge is -2.37. The summed E-state index contributed by atoms with van der Waals surface area (Å²) in [5.41, 5.74) is 5.89. The van der Waals surface area contributed by atoms with E-state index in [1.165, 1.54) is 38.9 Å². The van der Waals surface area contributed by atoms with Crippen LogP contribution in [0, 0.1) is 0 Å². The summed E-state index contributed by atoms with van der Waals surface area (Å²) in [6.07, 6.45) is 3.49. The highest BCUT2D eigenvalue weighted by Crippen LogP contribution is 2.36. The van der Waals surface area contributed by atoms with Crippen molar-refractivity contribution in [2.24, 2.45) is 0 Å². The fourth-order valence-corrected chi connectivity index (χ4v) is 9.39. The van der Waals surface area contributed by atoms with Gasteiger partial charge in [-0.2, -0.15) is 0 Å². The average Bonchev–Trinajstić information content (AvgIpc) is 3.58. The van der Waals surface area contributed by atoms with Crippen LogP contribution in [0.1, 0.15) is 43.0 Å². The van der Waals surface area contributed by atoms with Crippen LogP contribution in [0.3, 0.4) is 0 Å². The molecule has 0 atom stereocenters. The number of para-hydroxylation sites is 2. The van der Waals surface area contributed by atoms with Crippen molar-refractivity contribution in [1.29, 1.82) is 0 Å². The van der Waals surface area contributed by atoms with Crippen LogP contribution < -0.4 is 20.0 Å². The molecular weight excluding hydrogens is 902 g/mol. The first kappa shape index (κ1) is 43.5. The Morgan fingerprint density at radius 3 is 1.60 bits per heavy atom. The van der Waals surface area contributed by atoms with Gasteiger partial charge in [0.05, 0.1) is 45.6 Å². The number of hydrogen-bond acceptors (Lipinski definition) is 10. The fourth-order valence-electron chi connectivity index (χ4n) is 7.38. The molecule has 0 radical (unpaired) electrons. The Morgan fingerprint density at radius 1 is 0.538 bits per heavy atom. The van der Waals surface area contributed by atoms with E-state index in [2.05, 4.69) is 32.4 Å². The van der Waals surface area contributed by atoms with E-state index in [1.54, 1.807) is 70.7 Å². The summed E-state index contributed by atoms with van der Waals surface area (Å²) in [7, 11) is 0. The van der Waals surface area contributed by atoms with E-state index >= 15 is 0 Å². The standard InChI is InChI=1S/C29H22ClN5O3S.C19H15ClN4OS/c30-23-12-6-7-13-24(23)35-17-20-16-31-28(39-18-19-8-2-1-3-9-19)32-25(20)33(29(35)38)14-15-34-26(36)21-10-4-5-11-22(21)27(34)37;20-15-8-4-5-9-16(15)24-11-14-10-21-18(22-17(14)23-19(24)25)26-12-13-6-2-1-3-7-13/h1-13,16H,14-15,17-18H2;1-10H,11-12H2,(H,21,22,23,25). The smallest absolute Gasteiger partial charge is 0.291 e. The number of hydrogen-bond donors (Lipinski definition) is 1. The van der Waals surface area contributed by atoms with Gasteiger partial charge in [0.1, 0.15) is 11.6 Å². The Kier molecular flexibility index (Phi) is 13.1. The zero-order chi connectivity index (χ0) is 44.9. The molecule has 0 unspecified atom stereocenters. The second-order valence-electron chi connectivity index (χ2n) is 14.8. The van der Waals surface area contributed by atoms with Crippen molar-refractivity contribution in [3.63, 3.8) is 0 Å². The van der Waals surface area contributed by atoms with Crippen molar-refractivity contribution in [3.8, 4) is 0 Å². The predicted molar refractivity (Wildman–Crippen MR) is 255 cm³/mol. The molecule has 3 aliphatic heterocycles. The number of carbonyl (C=O) groups is 4. The second kappa shape index (κ2) is 19.5. The average molecular weight is 939 g/mol. The summed E-state index contributed by atoms with van der Waals surface area (Å²) >= 11 is 15.7. The fraction of sp³-hybridized carbons (Fsp3) is 0.125. The quantitative estimate of drug-likeness (QED) is 0.0756. The predicted octanol–water partition coefficient (Wildman–Crippen LogP) is 10.6. The normalized spacial score (nSPS) is 14.1. The van der Waals surface area contributed by atoms with Gasteiger partial charge in [0.15, 0.2) is 10.3 Å². The number of thioether (sulfide) groups is 2. The number of nitrogens with one attached hydrogen (secondary N) is 1. The lowest BCUT2D eigenvalue weighted by molar-refractivity contribution is 0.0658. The van der Waals surface area contributed by atoms with Crippen LogP contribution in [0.5, 0.6) is 0 Å². The van der Waals surface area contributed by atoms with Crippen LogP contribution in [-0.2, 0) is 24.6 Å². The molecule has 0 spiro atoms. The molecule has 13 nitrogen and oxygen atoms in total. The molecule has 5 aromatic carbocycles. The zero-order valence-electron chi connectivity index (χ0n) is 34.4. The minimum absolute atomic E-state index is 0.0182. The van der Waals surface area contributed by atoms with Crippen molar-refractivity contribution in [2.75, 3.05) is 33.1 Å². The molecule has 0 saturated carbocycles. The number of aromatic nitrogens is 4. The molecular formula is C48H37Cl2N9O4S2. The summed E-state index contributed by atoms with van der Waals surface area (Å²) in [4.78, 5) is 76.3. The van der Waals surface area contributed by atoms with Gasteiger partial charge in [-0.15, -0.1) is 0 Å². The molecule has 0 saturated heterocycles. The SMILES string of the molecule is O=C1Nc2nc(SCc3ccccc3)ncc2CN1c1ccccc1Cl.O=C1c2ccccc2C(=O)N1CCN1C(=O)N(c2ccccc2Cl)Cc2cnc(SCc3ccccc3)nc21. The Balaban J connectivity index is 0.000000178. The van der Waals surface area contributed by atoms with E-state index in [1.807, 2.05) is 72.8 Å². The number of urea groups is 2. The van der Waals surface area contributed by atoms with E-state index < -0.39 is 0 Å². The van der Waals surface area contributed by atoms with Gasteiger partial charge in [-0.3, -0.25) is 34.5 Å². The first-order chi connectivity index (χ1) is 31.7. The highest BCUT2D eigenvalue weighted by atomic mass is 35.5. The highest BCUT2D eigenvalue weighted by molar-refractivity contribution is 7.98. The van der Waals surface area contributed by atoms with Crippen molar-refractivity contribution in [3.05, 3.63) is 189 Å². The van der Waals surface area contributed by atoms with Crippen molar-refractivity contribution < 1.29 is 19.2 Å². The van der Waals surface area contributed by atoms with Crippen LogP contribution in [0.2, 0.25) is 10.0 Å². The summed E-state index contributed by atoms with van der Waals surface area (Å²) in [5.74, 6) is 1.73. The van der Waals surface area contributed by atoms with Gasteiger partial charge in [0.25, 0.3) is 11.8 Å². The third kappa shape index (κ3) is 9.54. The van der Waals surface area contributed by atoms with E-state index in [0.29, 0.717) is 66.8 Å². The molecule has 7 aromatic rings. The van der Waals surface area contributed by atoms with E-state index in [9.17, 15) is 19.2 Å². The molecule has 3 aliphatic rings. The van der Waals surface area contributed by atoms with Crippen LogP contribution in [0.15, 0.2) is 156 Å². The third-order valence-electron chi connectivity index (χ3n) is 10.6. The molecule has 0 fully saturated rings. The number of benzene rings is 5. The van der Waals surface area contributed by atoms with Gasteiger partial charge < -0.3 is 0 Å². The summed E-state index contributed by atoms with van der Waals surface area (Å²) in [5, 5.41) is 4.97. The molecule has 324 valence electrons. The number of imide groups is 1. The molecule has 5 heterocycles. The van der Waals surface area contributed by atoms with Gasteiger partial charge in [-0.25, -0.2) is 29.5 Å².